The van der Waals surface area contributed by atoms with Gasteiger partial charge >= 0.3 is 0 Å². The molecule has 0 aliphatic heterocycles. The van der Waals surface area contributed by atoms with Gasteiger partial charge < -0.3 is 9.52 Å². The fourth-order valence-corrected chi connectivity index (χ4v) is 5.93. The van der Waals surface area contributed by atoms with Crippen molar-refractivity contribution < 1.29 is 34.4 Å². The third kappa shape index (κ3) is 9.81. The van der Waals surface area contributed by atoms with Gasteiger partial charge in [0.2, 0.25) is 5.71 Å². The second kappa shape index (κ2) is 17.2. The monoisotopic (exact) mass is 867 g/mol. The van der Waals surface area contributed by atoms with E-state index in [-0.39, 0.29) is 47.9 Å². The van der Waals surface area contributed by atoms with E-state index in [1.54, 1.807) is 6.33 Å². The number of hydrogen-bond acceptors (Lipinski definition) is 6. The Morgan fingerprint density at radius 3 is 2.08 bits per heavy atom. The topological polar surface area (TPSA) is 89.1 Å². The molecule has 5 rings (SSSR count). The molecule has 6 nitrogen and oxygen atoms in total. The van der Waals surface area contributed by atoms with Gasteiger partial charge in [0.15, 0.2) is 5.78 Å². The summed E-state index contributed by atoms with van der Waals surface area (Å²) in [5.74, 6) is 1.79. The number of nitrogens with zero attached hydrogens (tertiary/aromatic N) is 3. The third-order valence-corrected chi connectivity index (χ3v) is 10.4. The van der Waals surface area contributed by atoms with Crippen LogP contribution < -0.4 is 0 Å². The summed E-state index contributed by atoms with van der Waals surface area (Å²) in [5.41, 5.74) is 4.65. The quantitative estimate of drug-likeness (QED) is 0.0808. The number of carbonyl (C=O) groups is 1. The first-order valence-corrected chi connectivity index (χ1v) is 18.2. The Morgan fingerprint density at radius 1 is 0.843 bits per heavy atom. The average molecular weight is 867 g/mol. The van der Waals surface area contributed by atoms with E-state index in [9.17, 15) is 9.90 Å². The fraction of sp³-hybridized carbons (Fsp3) is 0.455. The minimum atomic E-state index is -0.337. The van der Waals surface area contributed by atoms with Crippen LogP contribution in [0, 0.1) is 22.8 Å². The second-order valence-corrected chi connectivity index (χ2v) is 15.5. The van der Waals surface area contributed by atoms with Crippen LogP contribution in [0.2, 0.25) is 0 Å². The van der Waals surface area contributed by atoms with Gasteiger partial charge in [0, 0.05) is 54.5 Å². The van der Waals surface area contributed by atoms with Crippen molar-refractivity contribution in [2.45, 2.75) is 114 Å². The first-order chi connectivity index (χ1) is 23.6. The molecule has 0 atom stereocenters. The van der Waals surface area contributed by atoms with Crippen molar-refractivity contribution >= 4 is 27.7 Å². The molecule has 0 unspecified atom stereocenters. The van der Waals surface area contributed by atoms with Gasteiger partial charge in [0.05, 0.1) is 11.4 Å². The molecule has 2 aromatic carbocycles. The van der Waals surface area contributed by atoms with Crippen LogP contribution in [0.15, 0.2) is 77.2 Å². The van der Waals surface area contributed by atoms with Gasteiger partial charge in [-0.05, 0) is 61.3 Å². The minimum Gasteiger partial charge on any atom is -0.512 e. The number of ketones is 1. The largest absolute Gasteiger partial charge is 0.512 e. The van der Waals surface area contributed by atoms with Crippen molar-refractivity contribution in [3.8, 4) is 22.6 Å². The van der Waals surface area contributed by atoms with Crippen molar-refractivity contribution in [1.82, 2.24) is 15.0 Å². The maximum absolute atomic E-state index is 12.2. The van der Waals surface area contributed by atoms with E-state index >= 15 is 0 Å². The molecular weight excluding hydrogens is 811 g/mol. The average Bonchev–Trinajstić information content (AvgIpc) is 3.51. The van der Waals surface area contributed by atoms with E-state index in [0.717, 1.165) is 71.3 Å². The van der Waals surface area contributed by atoms with Gasteiger partial charge in [-0.25, -0.2) is 9.97 Å². The zero-order chi connectivity index (χ0) is 36.9. The van der Waals surface area contributed by atoms with Crippen molar-refractivity contribution in [2.75, 3.05) is 0 Å². The van der Waals surface area contributed by atoms with Crippen molar-refractivity contribution in [3.05, 3.63) is 90.1 Å². The molecule has 5 aromatic rings. The van der Waals surface area contributed by atoms with Gasteiger partial charge in [-0.1, -0.05) is 105 Å². The summed E-state index contributed by atoms with van der Waals surface area (Å²) >= 11 is 0. The molecule has 0 saturated carbocycles. The Bertz CT molecular complexity index is 1960. The molecular formula is C44H56IrN3O3-. The summed E-state index contributed by atoms with van der Waals surface area (Å²) in [6, 6.07) is 22.3. The Labute approximate surface area is 319 Å². The SMILES string of the molecule is CC(C)Cc1cc2ccc(-c3cc(-c4[c-]c5ccccc5c(C(C)(C)C)c4)ncn3)nc2o1.CCC(C)(CC)C(=O)/C=C(\O)C(C)(CC)CC.[Ir]. The van der Waals surface area contributed by atoms with E-state index in [4.69, 9.17) is 9.40 Å². The minimum absolute atomic E-state index is 0. The predicted molar refractivity (Wildman–Crippen MR) is 207 cm³/mol. The first kappa shape index (κ1) is 41.7. The van der Waals surface area contributed by atoms with E-state index < -0.39 is 0 Å². The molecule has 7 heteroatoms. The number of carbonyl (C=O) groups excluding carboxylic acids is 1. The number of hydrogen-bond donors (Lipinski definition) is 1. The molecule has 0 saturated heterocycles. The van der Waals surface area contributed by atoms with Crippen molar-refractivity contribution in [3.63, 3.8) is 0 Å². The van der Waals surface area contributed by atoms with Crippen LogP contribution in [0.1, 0.15) is 113 Å². The molecule has 3 aromatic heterocycles. The summed E-state index contributed by atoms with van der Waals surface area (Å²) in [7, 11) is 0. The smallest absolute Gasteiger partial charge is 0.226 e. The summed E-state index contributed by atoms with van der Waals surface area (Å²) in [6.07, 6.45) is 7.25. The van der Waals surface area contributed by atoms with Crippen LogP contribution in [0.25, 0.3) is 44.5 Å². The molecule has 0 amide bonds. The molecule has 51 heavy (non-hydrogen) atoms. The van der Waals surface area contributed by atoms with Crippen molar-refractivity contribution in [1.29, 1.82) is 0 Å². The number of fused-ring (bicyclic) bond motifs is 2. The predicted octanol–water partition coefficient (Wildman–Crippen LogP) is 12.0. The van der Waals surface area contributed by atoms with E-state index in [1.165, 1.54) is 17.0 Å². The summed E-state index contributed by atoms with van der Waals surface area (Å²) in [6.45, 7) is 23.2. The number of aromatic nitrogens is 3. The molecule has 1 radical (unpaired) electrons. The summed E-state index contributed by atoms with van der Waals surface area (Å²) in [4.78, 5) is 26.0. The Kier molecular flexibility index (Phi) is 14.1. The number of pyridine rings is 1. The molecule has 0 fully saturated rings. The van der Waals surface area contributed by atoms with E-state index in [2.05, 4.69) is 87.1 Å². The van der Waals surface area contributed by atoms with Crippen LogP contribution in [0.4, 0.5) is 0 Å². The third-order valence-electron chi connectivity index (χ3n) is 10.4. The number of aliphatic hydroxyl groups excluding tert-OH is 1. The van der Waals surface area contributed by atoms with Crippen LogP contribution in [0.5, 0.6) is 0 Å². The van der Waals surface area contributed by atoms with E-state index in [1.807, 2.05) is 59.7 Å². The number of allylic oxidation sites excluding steroid dienone is 2. The van der Waals surface area contributed by atoms with Crippen LogP contribution in [0.3, 0.4) is 0 Å². The Morgan fingerprint density at radius 2 is 1.47 bits per heavy atom. The van der Waals surface area contributed by atoms with Crippen LogP contribution in [-0.4, -0.2) is 25.8 Å². The standard InChI is InChI=1S/C29H28N3O.C15H28O2.Ir/c1-18(2)12-22-14-20-10-11-25(32-28(20)33-22)27-16-26(30-17-31-27)21-13-19-8-6-7-9-23(19)24(15-21)29(3,4)5;1-7-14(5,8-2)12(16)11-13(17)15(6,9-3)10-4;/h6-11,14-18H,12H2,1-5H3;11,16H,7-10H2,1-6H3;/q-1;;/b;12-11-;. The molecule has 0 aliphatic rings. The van der Waals surface area contributed by atoms with Gasteiger partial charge in [-0.15, -0.1) is 29.1 Å². The Balaban J connectivity index is 0.000000335. The second-order valence-electron chi connectivity index (χ2n) is 15.5. The van der Waals surface area contributed by atoms with Crippen molar-refractivity contribution in [2.24, 2.45) is 16.7 Å². The molecule has 1 N–H and O–H groups in total. The maximum atomic E-state index is 12.2. The maximum Gasteiger partial charge on any atom is 0.226 e. The Hall–Kier alpha value is -3.67. The van der Waals surface area contributed by atoms with E-state index in [0.29, 0.717) is 11.6 Å². The van der Waals surface area contributed by atoms with Crippen LogP contribution in [-0.2, 0) is 36.7 Å². The summed E-state index contributed by atoms with van der Waals surface area (Å²) in [5, 5.41) is 13.5. The number of furan rings is 1. The molecule has 0 aliphatic carbocycles. The number of rotatable bonds is 11. The van der Waals surface area contributed by atoms with Crippen LogP contribution >= 0.6 is 0 Å². The zero-order valence-electron chi connectivity index (χ0n) is 32.4. The molecule has 0 bridgehead atoms. The van der Waals surface area contributed by atoms with Gasteiger partial charge in [0.25, 0.3) is 0 Å². The molecule has 0 spiro atoms. The summed E-state index contributed by atoms with van der Waals surface area (Å²) < 4.78 is 6.00. The first-order valence-electron chi connectivity index (χ1n) is 18.2. The zero-order valence-corrected chi connectivity index (χ0v) is 34.8. The van der Waals surface area contributed by atoms with Gasteiger partial charge in [-0.3, -0.25) is 9.78 Å². The normalized spacial score (nSPS) is 12.5. The molecule has 3 heterocycles. The number of aliphatic hydroxyl groups is 1. The van der Waals surface area contributed by atoms with Gasteiger partial charge in [-0.2, -0.15) is 0 Å². The fourth-order valence-electron chi connectivity index (χ4n) is 5.93. The number of benzene rings is 2. The molecule has 275 valence electrons. The van der Waals surface area contributed by atoms with Gasteiger partial charge in [0.1, 0.15) is 17.8 Å².